The average molecular weight is 371 g/mol. The summed E-state index contributed by atoms with van der Waals surface area (Å²) in [6.07, 6.45) is 0.438. The molecule has 0 spiro atoms. The minimum atomic E-state index is -1.03. The summed E-state index contributed by atoms with van der Waals surface area (Å²) in [5.41, 5.74) is 7.70. The van der Waals surface area contributed by atoms with Crippen molar-refractivity contribution < 1.29 is 19.5 Å². The normalized spacial score (nSPS) is 12.0. The molecule has 0 saturated carbocycles. The summed E-state index contributed by atoms with van der Waals surface area (Å²) < 4.78 is 1.72. The highest BCUT2D eigenvalue weighted by Crippen LogP contribution is 2.24. The lowest BCUT2D eigenvalue weighted by Gasteiger charge is -2.19. The van der Waals surface area contributed by atoms with E-state index in [-0.39, 0.29) is 11.5 Å². The van der Waals surface area contributed by atoms with Crippen LogP contribution in [0.2, 0.25) is 0 Å². The topological polar surface area (TPSA) is 114 Å². The van der Waals surface area contributed by atoms with Gasteiger partial charge in [-0.2, -0.15) is 0 Å². The number of carboxylic acid groups (broad SMARTS) is 1. The summed E-state index contributed by atoms with van der Waals surface area (Å²) in [6, 6.07) is 7.65. The van der Waals surface area contributed by atoms with Crippen molar-refractivity contribution in [2.45, 2.75) is 40.2 Å². The molecule has 0 aliphatic carbocycles. The van der Waals surface area contributed by atoms with Crippen LogP contribution in [-0.4, -0.2) is 33.5 Å². The molecule has 0 bridgehead atoms. The van der Waals surface area contributed by atoms with Crippen molar-refractivity contribution in [1.82, 2.24) is 9.88 Å². The van der Waals surface area contributed by atoms with E-state index in [1.165, 1.54) is 0 Å². The van der Waals surface area contributed by atoms with Crippen molar-refractivity contribution in [3.05, 3.63) is 52.8 Å². The van der Waals surface area contributed by atoms with Crippen LogP contribution in [0, 0.1) is 19.8 Å². The Kier molecular flexibility index (Phi) is 6.05. The molecule has 1 aromatic carbocycles. The van der Waals surface area contributed by atoms with Crippen LogP contribution in [0.5, 0.6) is 0 Å². The number of aromatic carboxylic acids is 1. The Morgan fingerprint density at radius 3 is 2.30 bits per heavy atom. The second kappa shape index (κ2) is 8.07. The fourth-order valence-corrected chi connectivity index (χ4v) is 3.16. The van der Waals surface area contributed by atoms with E-state index >= 15 is 0 Å². The number of para-hydroxylation sites is 1. The van der Waals surface area contributed by atoms with Crippen molar-refractivity contribution >= 4 is 17.8 Å². The van der Waals surface area contributed by atoms with Crippen molar-refractivity contribution in [2.24, 2.45) is 11.7 Å². The number of carbonyl (C=O) groups is 3. The molecule has 4 N–H and O–H groups in total. The average Bonchev–Trinajstić information content (AvgIpc) is 2.88. The molecule has 27 heavy (non-hydrogen) atoms. The number of primary amides is 1. The Balaban J connectivity index is 2.46. The zero-order chi connectivity index (χ0) is 20.3. The molecule has 2 rings (SSSR count). The van der Waals surface area contributed by atoms with Crippen LogP contribution in [0.15, 0.2) is 30.3 Å². The summed E-state index contributed by atoms with van der Waals surface area (Å²) in [7, 11) is 0. The van der Waals surface area contributed by atoms with Crippen molar-refractivity contribution in [2.75, 3.05) is 0 Å². The number of carboxylic acids is 1. The lowest BCUT2D eigenvalue weighted by atomic mass is 10.0. The van der Waals surface area contributed by atoms with Gasteiger partial charge in [0.15, 0.2) is 0 Å². The Bertz CT molecular complexity index is 883. The molecule has 0 unspecified atom stereocenters. The molecule has 1 atom stereocenters. The number of hydrogen-bond donors (Lipinski definition) is 3. The fourth-order valence-electron chi connectivity index (χ4n) is 3.16. The molecule has 0 saturated heterocycles. The van der Waals surface area contributed by atoms with E-state index in [1.54, 1.807) is 48.7 Å². The van der Waals surface area contributed by atoms with Crippen LogP contribution in [-0.2, 0) is 4.79 Å². The number of aromatic nitrogens is 1. The molecule has 2 amide bonds. The first kappa shape index (κ1) is 20.2. The molecule has 7 nitrogen and oxygen atoms in total. The lowest BCUT2D eigenvalue weighted by Crippen LogP contribution is -2.45. The molecule has 0 aliphatic heterocycles. The van der Waals surface area contributed by atoms with E-state index in [9.17, 15) is 19.5 Å². The lowest BCUT2D eigenvalue weighted by molar-refractivity contribution is -0.120. The second-order valence-electron chi connectivity index (χ2n) is 7.00. The van der Waals surface area contributed by atoms with Gasteiger partial charge in [-0.25, -0.2) is 4.79 Å². The third-order valence-electron chi connectivity index (χ3n) is 4.41. The highest BCUT2D eigenvalue weighted by molar-refractivity contribution is 6.00. The Labute approximate surface area is 158 Å². The van der Waals surface area contributed by atoms with Gasteiger partial charge in [-0.05, 0) is 44.4 Å². The van der Waals surface area contributed by atoms with Crippen molar-refractivity contribution in [3.8, 4) is 5.69 Å². The molecule has 2 aromatic rings. The van der Waals surface area contributed by atoms with E-state index in [4.69, 9.17) is 5.73 Å². The number of amides is 2. The zero-order valence-electron chi connectivity index (χ0n) is 15.9. The largest absolute Gasteiger partial charge is 0.478 e. The highest BCUT2D eigenvalue weighted by atomic mass is 16.4. The molecule has 0 radical (unpaired) electrons. The molecule has 7 heteroatoms. The van der Waals surface area contributed by atoms with E-state index in [1.807, 2.05) is 13.8 Å². The van der Waals surface area contributed by atoms with Crippen molar-refractivity contribution in [3.63, 3.8) is 0 Å². The van der Waals surface area contributed by atoms with E-state index in [2.05, 4.69) is 5.32 Å². The number of rotatable bonds is 7. The molecule has 0 aliphatic rings. The third kappa shape index (κ3) is 4.36. The fraction of sp³-hybridized carbons (Fsp3) is 0.350. The van der Waals surface area contributed by atoms with Gasteiger partial charge in [0.1, 0.15) is 6.04 Å². The van der Waals surface area contributed by atoms with E-state index in [0.717, 1.165) is 0 Å². The van der Waals surface area contributed by atoms with Crippen molar-refractivity contribution in [1.29, 1.82) is 0 Å². The minimum Gasteiger partial charge on any atom is -0.478 e. The molecular formula is C20H25N3O4. The maximum Gasteiger partial charge on any atom is 0.337 e. The molecule has 1 heterocycles. The molecule has 144 valence electrons. The van der Waals surface area contributed by atoms with E-state index in [0.29, 0.717) is 29.1 Å². The van der Waals surface area contributed by atoms with Gasteiger partial charge in [0, 0.05) is 11.4 Å². The third-order valence-corrected chi connectivity index (χ3v) is 4.41. The van der Waals surface area contributed by atoms with Crippen LogP contribution in [0.25, 0.3) is 5.69 Å². The van der Waals surface area contributed by atoms with E-state index < -0.39 is 23.8 Å². The van der Waals surface area contributed by atoms with Gasteiger partial charge in [0.2, 0.25) is 5.91 Å². The monoisotopic (exact) mass is 371 g/mol. The summed E-state index contributed by atoms with van der Waals surface area (Å²) in [5, 5.41) is 12.0. The maximum atomic E-state index is 12.8. The van der Waals surface area contributed by atoms with Crippen LogP contribution in [0.4, 0.5) is 0 Å². The van der Waals surface area contributed by atoms with Gasteiger partial charge in [-0.1, -0.05) is 26.0 Å². The van der Waals surface area contributed by atoms with Gasteiger partial charge >= 0.3 is 5.97 Å². The Morgan fingerprint density at radius 2 is 1.78 bits per heavy atom. The second-order valence-corrected chi connectivity index (χ2v) is 7.00. The first-order chi connectivity index (χ1) is 12.6. The van der Waals surface area contributed by atoms with Gasteiger partial charge < -0.3 is 20.7 Å². The first-order valence-corrected chi connectivity index (χ1v) is 8.75. The van der Waals surface area contributed by atoms with Gasteiger partial charge in [0.05, 0.1) is 16.8 Å². The summed E-state index contributed by atoms with van der Waals surface area (Å²) >= 11 is 0. The Hall–Kier alpha value is -3.09. The molecule has 0 fully saturated rings. The van der Waals surface area contributed by atoms with Crippen LogP contribution < -0.4 is 11.1 Å². The van der Waals surface area contributed by atoms with Crippen LogP contribution in [0.3, 0.4) is 0 Å². The predicted molar refractivity (Wildman–Crippen MR) is 102 cm³/mol. The minimum absolute atomic E-state index is 0.178. The smallest absolute Gasteiger partial charge is 0.337 e. The summed E-state index contributed by atoms with van der Waals surface area (Å²) in [6.45, 7) is 7.35. The summed E-state index contributed by atoms with van der Waals surface area (Å²) in [5.74, 6) is -1.86. The molecular weight excluding hydrogens is 346 g/mol. The molecule has 1 aromatic heterocycles. The van der Waals surface area contributed by atoms with Crippen LogP contribution >= 0.6 is 0 Å². The first-order valence-electron chi connectivity index (χ1n) is 8.75. The SMILES string of the molecule is Cc1cc(C(=O)O)c(C)n1-c1ccccc1C(=O)N[C@@H](CC(C)C)C(N)=O. The van der Waals surface area contributed by atoms with Gasteiger partial charge in [0.25, 0.3) is 5.91 Å². The number of hydrogen-bond acceptors (Lipinski definition) is 3. The van der Waals surface area contributed by atoms with Gasteiger partial charge in [-0.3, -0.25) is 9.59 Å². The quantitative estimate of drug-likeness (QED) is 0.693. The number of nitrogens with one attached hydrogen (secondary N) is 1. The number of nitrogens with zero attached hydrogens (tertiary/aromatic N) is 1. The van der Waals surface area contributed by atoms with Gasteiger partial charge in [-0.15, -0.1) is 0 Å². The zero-order valence-corrected chi connectivity index (χ0v) is 15.9. The summed E-state index contributed by atoms with van der Waals surface area (Å²) in [4.78, 5) is 35.9. The number of nitrogens with two attached hydrogens (primary N) is 1. The standard InChI is InChI=1S/C20H25N3O4/c1-11(2)9-16(18(21)24)22-19(25)14-7-5-6-8-17(14)23-12(3)10-15(13(23)4)20(26)27/h5-8,10-11,16H,9H2,1-4H3,(H2,21,24)(H,22,25)(H,26,27)/t16-/m0/s1. The highest BCUT2D eigenvalue weighted by Gasteiger charge is 2.23. The number of carbonyl (C=O) groups excluding carboxylic acids is 2. The number of aryl methyl sites for hydroxylation is 1. The number of benzene rings is 1. The maximum absolute atomic E-state index is 12.8. The van der Waals surface area contributed by atoms with Crippen LogP contribution in [0.1, 0.15) is 52.4 Å². The predicted octanol–water partition coefficient (Wildman–Crippen LogP) is 2.42. The Morgan fingerprint density at radius 1 is 1.15 bits per heavy atom.